The standard InChI is InChI=1S/C14H19NO2/c1-11-5-7-13(8-6-11)17-12(2)14(16)9-10-15(3)4/h5-10,12H,1-4H3/b10-9+/t12-/m1/s1. The van der Waals surface area contributed by atoms with Gasteiger partial charge in [-0.3, -0.25) is 4.79 Å². The third-order valence-electron chi connectivity index (χ3n) is 2.27. The van der Waals surface area contributed by atoms with Gasteiger partial charge in [-0.2, -0.15) is 0 Å². The first-order chi connectivity index (χ1) is 7.99. The van der Waals surface area contributed by atoms with E-state index in [1.165, 1.54) is 11.6 Å². The summed E-state index contributed by atoms with van der Waals surface area (Å²) in [4.78, 5) is 13.5. The van der Waals surface area contributed by atoms with Crippen molar-refractivity contribution < 1.29 is 9.53 Å². The lowest BCUT2D eigenvalue weighted by Gasteiger charge is -2.12. The van der Waals surface area contributed by atoms with E-state index in [9.17, 15) is 4.79 Å². The van der Waals surface area contributed by atoms with Gasteiger partial charge < -0.3 is 9.64 Å². The molecule has 0 amide bonds. The van der Waals surface area contributed by atoms with Gasteiger partial charge in [-0.05, 0) is 26.0 Å². The zero-order valence-corrected chi connectivity index (χ0v) is 10.8. The third kappa shape index (κ3) is 4.72. The Morgan fingerprint density at radius 2 is 1.88 bits per heavy atom. The lowest BCUT2D eigenvalue weighted by atomic mass is 10.2. The highest BCUT2D eigenvalue weighted by atomic mass is 16.5. The summed E-state index contributed by atoms with van der Waals surface area (Å²) in [5, 5.41) is 0. The molecule has 0 aliphatic carbocycles. The van der Waals surface area contributed by atoms with E-state index in [4.69, 9.17) is 4.74 Å². The molecule has 0 heterocycles. The number of benzene rings is 1. The van der Waals surface area contributed by atoms with E-state index in [1.54, 1.807) is 13.1 Å². The van der Waals surface area contributed by atoms with E-state index in [0.29, 0.717) is 0 Å². The van der Waals surface area contributed by atoms with Crippen molar-refractivity contribution in [3.63, 3.8) is 0 Å². The maximum Gasteiger partial charge on any atom is 0.197 e. The van der Waals surface area contributed by atoms with Crippen LogP contribution >= 0.6 is 0 Å². The smallest absolute Gasteiger partial charge is 0.197 e. The summed E-state index contributed by atoms with van der Waals surface area (Å²) in [6.45, 7) is 3.76. The van der Waals surface area contributed by atoms with Crippen LogP contribution in [0.2, 0.25) is 0 Å². The second-order valence-corrected chi connectivity index (χ2v) is 4.25. The molecule has 0 radical (unpaired) electrons. The van der Waals surface area contributed by atoms with E-state index in [1.807, 2.05) is 50.2 Å². The summed E-state index contributed by atoms with van der Waals surface area (Å²) >= 11 is 0. The minimum Gasteiger partial charge on any atom is -0.483 e. The summed E-state index contributed by atoms with van der Waals surface area (Å²) in [6.07, 6.45) is 2.78. The Morgan fingerprint density at radius 1 is 1.29 bits per heavy atom. The molecule has 1 aromatic rings. The molecule has 1 aromatic carbocycles. The molecule has 0 spiro atoms. The molecular formula is C14H19NO2. The molecule has 0 aromatic heterocycles. The van der Waals surface area contributed by atoms with Gasteiger partial charge in [0.1, 0.15) is 5.75 Å². The predicted octanol–water partition coefficient (Wildman–Crippen LogP) is 2.41. The van der Waals surface area contributed by atoms with Gasteiger partial charge in [0.2, 0.25) is 0 Å². The van der Waals surface area contributed by atoms with Crippen LogP contribution < -0.4 is 4.74 Å². The fraction of sp³-hybridized carbons (Fsp3) is 0.357. The van der Waals surface area contributed by atoms with Gasteiger partial charge in [-0.1, -0.05) is 17.7 Å². The largest absolute Gasteiger partial charge is 0.483 e. The van der Waals surface area contributed by atoms with Crippen LogP contribution in [0, 0.1) is 6.92 Å². The molecule has 0 bridgehead atoms. The Hall–Kier alpha value is -1.77. The molecular weight excluding hydrogens is 214 g/mol. The molecule has 3 nitrogen and oxygen atoms in total. The van der Waals surface area contributed by atoms with Crippen LogP contribution in [-0.4, -0.2) is 30.9 Å². The summed E-state index contributed by atoms with van der Waals surface area (Å²) in [7, 11) is 3.74. The van der Waals surface area contributed by atoms with Gasteiger partial charge in [0.25, 0.3) is 0 Å². The quantitative estimate of drug-likeness (QED) is 0.731. The topological polar surface area (TPSA) is 29.5 Å². The van der Waals surface area contributed by atoms with Gasteiger partial charge in [-0.25, -0.2) is 0 Å². The van der Waals surface area contributed by atoms with Crippen LogP contribution in [0.5, 0.6) is 5.75 Å². The van der Waals surface area contributed by atoms with Gasteiger partial charge in [0.05, 0.1) is 0 Å². The van der Waals surface area contributed by atoms with Crippen molar-refractivity contribution >= 4 is 5.78 Å². The fourth-order valence-corrected chi connectivity index (χ4v) is 1.24. The first kappa shape index (κ1) is 13.3. The van der Waals surface area contributed by atoms with Crippen molar-refractivity contribution in [2.24, 2.45) is 0 Å². The monoisotopic (exact) mass is 233 g/mol. The molecule has 0 saturated carbocycles. The molecule has 0 saturated heterocycles. The van der Waals surface area contributed by atoms with Crippen LogP contribution in [-0.2, 0) is 4.79 Å². The molecule has 0 aliphatic heterocycles. The van der Waals surface area contributed by atoms with E-state index >= 15 is 0 Å². The number of hydrogen-bond acceptors (Lipinski definition) is 3. The van der Waals surface area contributed by atoms with E-state index in [2.05, 4.69) is 0 Å². The number of carbonyl (C=O) groups excluding carboxylic acids is 1. The van der Waals surface area contributed by atoms with Gasteiger partial charge in [-0.15, -0.1) is 0 Å². The van der Waals surface area contributed by atoms with Crippen LogP contribution in [0.1, 0.15) is 12.5 Å². The van der Waals surface area contributed by atoms with Crippen LogP contribution in [0.25, 0.3) is 0 Å². The van der Waals surface area contributed by atoms with Crippen molar-refractivity contribution in [1.82, 2.24) is 4.90 Å². The van der Waals surface area contributed by atoms with E-state index in [-0.39, 0.29) is 5.78 Å². The summed E-state index contributed by atoms with van der Waals surface area (Å²) in [5.74, 6) is 0.675. The highest BCUT2D eigenvalue weighted by Gasteiger charge is 2.11. The van der Waals surface area contributed by atoms with Crippen molar-refractivity contribution in [1.29, 1.82) is 0 Å². The van der Waals surface area contributed by atoms with Crippen LogP contribution in [0.15, 0.2) is 36.5 Å². The zero-order chi connectivity index (χ0) is 12.8. The number of ether oxygens (including phenoxy) is 1. The Labute approximate surface area is 103 Å². The maximum absolute atomic E-state index is 11.7. The average molecular weight is 233 g/mol. The Morgan fingerprint density at radius 3 is 2.41 bits per heavy atom. The fourth-order valence-electron chi connectivity index (χ4n) is 1.24. The number of hydrogen-bond donors (Lipinski definition) is 0. The molecule has 0 N–H and O–H groups in total. The molecule has 0 fully saturated rings. The molecule has 17 heavy (non-hydrogen) atoms. The number of rotatable bonds is 5. The molecule has 3 heteroatoms. The van der Waals surface area contributed by atoms with Crippen molar-refractivity contribution in [3.8, 4) is 5.75 Å². The zero-order valence-electron chi connectivity index (χ0n) is 10.8. The van der Waals surface area contributed by atoms with Crippen LogP contribution in [0.4, 0.5) is 0 Å². The summed E-state index contributed by atoms with van der Waals surface area (Å²) in [5.41, 5.74) is 1.17. The average Bonchev–Trinajstić information content (AvgIpc) is 2.28. The van der Waals surface area contributed by atoms with Gasteiger partial charge in [0.15, 0.2) is 11.9 Å². The minimum absolute atomic E-state index is 0.0423. The lowest BCUT2D eigenvalue weighted by molar-refractivity contribution is -0.120. The predicted molar refractivity (Wildman–Crippen MR) is 69.1 cm³/mol. The van der Waals surface area contributed by atoms with Gasteiger partial charge >= 0.3 is 0 Å². The first-order valence-corrected chi connectivity index (χ1v) is 5.61. The second-order valence-electron chi connectivity index (χ2n) is 4.25. The maximum atomic E-state index is 11.7. The summed E-state index contributed by atoms with van der Waals surface area (Å²) < 4.78 is 5.54. The van der Waals surface area contributed by atoms with Crippen molar-refractivity contribution in [2.75, 3.05) is 14.1 Å². The first-order valence-electron chi connectivity index (χ1n) is 5.61. The highest BCUT2D eigenvalue weighted by Crippen LogP contribution is 2.13. The molecule has 0 unspecified atom stereocenters. The van der Waals surface area contributed by atoms with E-state index in [0.717, 1.165) is 5.75 Å². The number of carbonyl (C=O) groups is 1. The van der Waals surface area contributed by atoms with Crippen LogP contribution in [0.3, 0.4) is 0 Å². The summed E-state index contributed by atoms with van der Waals surface area (Å²) in [6, 6.07) is 7.66. The van der Waals surface area contributed by atoms with Crippen molar-refractivity contribution in [3.05, 3.63) is 42.1 Å². The van der Waals surface area contributed by atoms with E-state index < -0.39 is 6.10 Å². The number of aryl methyl sites for hydroxylation is 1. The molecule has 92 valence electrons. The van der Waals surface area contributed by atoms with Gasteiger partial charge in [0, 0.05) is 26.4 Å². The SMILES string of the molecule is Cc1ccc(O[C@H](C)C(=O)/C=C/N(C)C)cc1. The molecule has 1 rings (SSSR count). The minimum atomic E-state index is -0.464. The van der Waals surface area contributed by atoms with Crippen molar-refractivity contribution in [2.45, 2.75) is 20.0 Å². The molecule has 1 atom stereocenters. The Bertz CT molecular complexity index is 393. The normalized spacial score (nSPS) is 12.5. The Kier molecular flexibility index (Phi) is 4.76. The lowest BCUT2D eigenvalue weighted by Crippen LogP contribution is -2.22. The second kappa shape index (κ2) is 6.09. The number of nitrogens with zero attached hydrogens (tertiary/aromatic N) is 1. The number of ketones is 1. The third-order valence-corrected chi connectivity index (χ3v) is 2.27. The Balaban J connectivity index is 2.57. The highest BCUT2D eigenvalue weighted by molar-refractivity contribution is 5.93. The molecule has 0 aliphatic rings.